The highest BCUT2D eigenvalue weighted by molar-refractivity contribution is 9.10. The van der Waals surface area contributed by atoms with Crippen molar-refractivity contribution < 1.29 is 0 Å². The van der Waals surface area contributed by atoms with Crippen LogP contribution in [0.3, 0.4) is 0 Å². The molecule has 1 aliphatic heterocycles. The summed E-state index contributed by atoms with van der Waals surface area (Å²) in [7, 11) is 0. The summed E-state index contributed by atoms with van der Waals surface area (Å²) in [5, 5.41) is 1.85. The molecule has 114 valence electrons. The molecular weight excluding hydrogens is 378 g/mol. The number of halogens is 1. The predicted octanol–water partition coefficient (Wildman–Crippen LogP) is 4.85. The lowest BCUT2D eigenvalue weighted by Crippen LogP contribution is -2.33. The quantitative estimate of drug-likeness (QED) is 0.750. The molecule has 3 aliphatic rings. The zero-order valence-corrected chi connectivity index (χ0v) is 15.1. The van der Waals surface area contributed by atoms with Crippen molar-refractivity contribution in [2.75, 3.05) is 0 Å². The molecule has 5 atom stereocenters. The van der Waals surface area contributed by atoms with Crippen LogP contribution in [-0.4, -0.2) is 10.2 Å². The van der Waals surface area contributed by atoms with E-state index in [1.807, 2.05) is 11.8 Å². The number of hydrogen-bond acceptors (Lipinski definition) is 3. The van der Waals surface area contributed by atoms with Crippen LogP contribution in [0.1, 0.15) is 35.6 Å². The summed E-state index contributed by atoms with van der Waals surface area (Å²) in [6, 6.07) is 8.74. The Labute approximate surface area is 145 Å². The first-order chi connectivity index (χ1) is 10.7. The predicted molar refractivity (Wildman–Crippen MR) is 94.9 cm³/mol. The number of aromatic amines is 1. The summed E-state index contributed by atoms with van der Waals surface area (Å²) in [5.74, 6) is 2.83. The van der Waals surface area contributed by atoms with E-state index in [1.54, 1.807) is 0 Å². The van der Waals surface area contributed by atoms with E-state index in [-0.39, 0.29) is 4.87 Å². The first-order valence-electron chi connectivity index (χ1n) is 7.86. The number of thioether (sulfide) groups is 1. The second-order valence-electron chi connectivity index (χ2n) is 6.73. The fraction of sp³-hybridized carbons (Fsp3) is 0.471. The van der Waals surface area contributed by atoms with Crippen molar-refractivity contribution in [2.24, 2.45) is 17.8 Å². The monoisotopic (exact) mass is 393 g/mol. The molecule has 0 radical (unpaired) electrons. The maximum Gasteiger partial charge on any atom is 0.305 e. The molecule has 2 fully saturated rings. The van der Waals surface area contributed by atoms with Gasteiger partial charge >= 0.3 is 4.87 Å². The van der Waals surface area contributed by atoms with Crippen LogP contribution in [0.25, 0.3) is 0 Å². The van der Waals surface area contributed by atoms with Crippen LogP contribution in [0.5, 0.6) is 0 Å². The highest BCUT2D eigenvalue weighted by atomic mass is 79.9. The molecule has 5 heteroatoms. The van der Waals surface area contributed by atoms with Crippen molar-refractivity contribution in [2.45, 2.75) is 35.5 Å². The Morgan fingerprint density at radius 1 is 1.14 bits per heavy atom. The van der Waals surface area contributed by atoms with Crippen molar-refractivity contribution in [3.8, 4) is 0 Å². The van der Waals surface area contributed by atoms with Crippen LogP contribution in [0.2, 0.25) is 0 Å². The number of fused-ring (bicyclic) bond motifs is 6. The van der Waals surface area contributed by atoms with Crippen molar-refractivity contribution >= 4 is 39.0 Å². The summed E-state index contributed by atoms with van der Waals surface area (Å²) in [6.45, 7) is 0. The number of thiazole rings is 1. The second-order valence-corrected chi connectivity index (χ2v) is 9.85. The molecule has 0 amide bonds. The van der Waals surface area contributed by atoms with Gasteiger partial charge in [-0.2, -0.15) is 0 Å². The van der Waals surface area contributed by atoms with Gasteiger partial charge in [0, 0.05) is 20.5 Å². The Bertz CT molecular complexity index is 781. The number of hydrogen-bond donors (Lipinski definition) is 1. The van der Waals surface area contributed by atoms with Crippen LogP contribution in [-0.2, 0) is 0 Å². The Morgan fingerprint density at radius 3 is 2.73 bits per heavy atom. The lowest BCUT2D eigenvalue weighted by Gasteiger charge is -2.40. The topological polar surface area (TPSA) is 32.9 Å². The fourth-order valence-corrected chi connectivity index (χ4v) is 8.05. The van der Waals surface area contributed by atoms with Gasteiger partial charge in [-0.05, 0) is 54.7 Å². The Kier molecular flexibility index (Phi) is 3.15. The molecule has 2 aliphatic carbocycles. The number of benzene rings is 1. The van der Waals surface area contributed by atoms with E-state index in [2.05, 4.69) is 45.2 Å². The maximum absolute atomic E-state index is 11.9. The largest absolute Gasteiger partial charge is 0.307 e. The smallest absolute Gasteiger partial charge is 0.305 e. The molecular formula is C17H16BrNOS2. The average Bonchev–Trinajstić information content (AvgIpc) is 3.19. The van der Waals surface area contributed by atoms with Crippen LogP contribution in [0.4, 0.5) is 0 Å². The molecule has 2 bridgehead atoms. The van der Waals surface area contributed by atoms with E-state index in [0.717, 1.165) is 21.3 Å². The summed E-state index contributed by atoms with van der Waals surface area (Å²) in [4.78, 5) is 16.4. The molecule has 2 aromatic rings. The van der Waals surface area contributed by atoms with Gasteiger partial charge in [-0.3, -0.25) is 4.79 Å². The minimum atomic E-state index is 0.104. The zero-order chi connectivity index (χ0) is 14.8. The summed E-state index contributed by atoms with van der Waals surface area (Å²) < 4.78 is 1.12. The van der Waals surface area contributed by atoms with Crippen molar-refractivity contribution in [1.29, 1.82) is 0 Å². The van der Waals surface area contributed by atoms with E-state index in [9.17, 15) is 4.79 Å². The number of aromatic nitrogens is 1. The Balaban J connectivity index is 1.68. The number of H-pyrrole nitrogens is 1. The molecule has 22 heavy (non-hydrogen) atoms. The Morgan fingerprint density at radius 2 is 1.91 bits per heavy atom. The van der Waals surface area contributed by atoms with Gasteiger partial charge in [0.1, 0.15) is 0 Å². The SMILES string of the molecule is O=c1[nH]c2c(s1)[C@@H](c1ccc(Br)cc1)[C@@H]1[C@@H]3CC[C@@H](C3)[C@@H]1S2. The van der Waals surface area contributed by atoms with Gasteiger partial charge in [-0.25, -0.2) is 0 Å². The van der Waals surface area contributed by atoms with Crippen molar-refractivity contribution in [3.63, 3.8) is 0 Å². The van der Waals surface area contributed by atoms with Gasteiger partial charge in [0.2, 0.25) is 0 Å². The van der Waals surface area contributed by atoms with Gasteiger partial charge in [0.05, 0.1) is 5.03 Å². The highest BCUT2D eigenvalue weighted by Gasteiger charge is 2.54. The first kappa shape index (κ1) is 13.9. The third-order valence-electron chi connectivity index (χ3n) is 5.69. The van der Waals surface area contributed by atoms with Gasteiger partial charge in [-0.1, -0.05) is 39.4 Å². The highest BCUT2D eigenvalue weighted by Crippen LogP contribution is 2.63. The molecule has 2 saturated carbocycles. The third kappa shape index (κ3) is 1.95. The standard InChI is InChI=1S/C17H16BrNOS2/c18-11-5-3-8(4-6-11)12-13-9-1-2-10(7-9)14(13)21-16-15(12)22-17(20)19-16/h3-6,9-10,12-14H,1-2,7H2,(H,19,20)/t9-,10+,12+,13+,14+/m1/s1. The molecule has 1 N–H and O–H groups in total. The molecule has 1 aromatic heterocycles. The van der Waals surface area contributed by atoms with E-state index >= 15 is 0 Å². The van der Waals surface area contributed by atoms with Crippen LogP contribution < -0.4 is 4.87 Å². The lowest BCUT2D eigenvalue weighted by atomic mass is 9.75. The average molecular weight is 394 g/mol. The molecule has 2 heterocycles. The Hall–Kier alpha value is -0.520. The van der Waals surface area contributed by atoms with E-state index in [1.165, 1.54) is 41.0 Å². The lowest BCUT2D eigenvalue weighted by molar-refractivity contribution is 0.307. The van der Waals surface area contributed by atoms with E-state index in [0.29, 0.717) is 17.1 Å². The molecule has 0 spiro atoms. The fourth-order valence-electron chi connectivity index (χ4n) is 4.89. The van der Waals surface area contributed by atoms with Crippen LogP contribution >= 0.6 is 39.0 Å². The second kappa shape index (κ2) is 4.99. The van der Waals surface area contributed by atoms with Crippen molar-refractivity contribution in [3.05, 3.63) is 48.8 Å². The van der Waals surface area contributed by atoms with Crippen LogP contribution in [0, 0.1) is 17.8 Å². The number of rotatable bonds is 1. The maximum atomic E-state index is 11.9. The molecule has 2 nitrogen and oxygen atoms in total. The molecule has 5 rings (SSSR count). The zero-order valence-electron chi connectivity index (χ0n) is 11.9. The van der Waals surface area contributed by atoms with Crippen molar-refractivity contribution in [1.82, 2.24) is 4.98 Å². The van der Waals surface area contributed by atoms with Gasteiger partial charge in [0.15, 0.2) is 0 Å². The van der Waals surface area contributed by atoms with Gasteiger partial charge in [-0.15, -0.1) is 11.8 Å². The molecule has 1 aromatic carbocycles. The normalized spacial score (nSPS) is 35.4. The minimum Gasteiger partial charge on any atom is -0.307 e. The molecule has 0 saturated heterocycles. The van der Waals surface area contributed by atoms with E-state index < -0.39 is 0 Å². The van der Waals surface area contributed by atoms with Crippen LogP contribution in [0.15, 0.2) is 38.6 Å². The minimum absolute atomic E-state index is 0.104. The summed E-state index contributed by atoms with van der Waals surface area (Å²) >= 11 is 6.93. The molecule has 0 unspecified atom stereocenters. The third-order valence-corrected chi connectivity index (χ3v) is 8.85. The van der Waals surface area contributed by atoms with Gasteiger partial charge < -0.3 is 4.98 Å². The summed E-state index contributed by atoms with van der Waals surface area (Å²) in [6.07, 6.45) is 4.16. The van der Waals surface area contributed by atoms with Gasteiger partial charge in [0.25, 0.3) is 0 Å². The number of nitrogens with one attached hydrogen (secondary N) is 1. The summed E-state index contributed by atoms with van der Waals surface area (Å²) in [5.41, 5.74) is 1.38. The van der Waals surface area contributed by atoms with E-state index in [4.69, 9.17) is 0 Å². The first-order valence-corrected chi connectivity index (χ1v) is 10.3.